The molecule has 4 nitrogen and oxygen atoms in total. The number of benzene rings is 7. The van der Waals surface area contributed by atoms with E-state index in [1.165, 1.54) is 22.3 Å². The normalized spacial score (nSPS) is 12.7. The molecule has 0 saturated carbocycles. The summed E-state index contributed by atoms with van der Waals surface area (Å²) in [4.78, 5) is 20.1. The zero-order valence-electron chi connectivity index (χ0n) is 36.2. The summed E-state index contributed by atoms with van der Waals surface area (Å²) in [5.41, 5.74) is 15.9. The van der Waals surface area contributed by atoms with Gasteiger partial charge in [-0.05, 0) is 114 Å². The molecule has 2 heterocycles. The van der Waals surface area contributed by atoms with Crippen LogP contribution in [0.5, 0.6) is 0 Å². The number of nitrogens with zero attached hydrogens (tertiary/aromatic N) is 4. The minimum atomic E-state index is -0.473. The quantitative estimate of drug-likeness (QED) is 0.129. The summed E-state index contributed by atoms with van der Waals surface area (Å²) in [6.07, 6.45) is 10.5. The van der Waals surface area contributed by atoms with Gasteiger partial charge < -0.3 is 0 Å². The maximum absolute atomic E-state index is 5.14. The van der Waals surface area contributed by atoms with Crippen molar-refractivity contribution in [3.8, 4) is 67.5 Å². The van der Waals surface area contributed by atoms with E-state index in [2.05, 4.69) is 165 Å². The molecule has 0 bridgehead atoms. The molecular formula is C60H48N4. The zero-order valence-corrected chi connectivity index (χ0v) is 36.2. The molecule has 0 spiro atoms. The van der Waals surface area contributed by atoms with Gasteiger partial charge in [-0.3, -0.25) is 4.98 Å². The molecule has 1 aliphatic carbocycles. The van der Waals surface area contributed by atoms with Gasteiger partial charge in [0.25, 0.3) is 0 Å². The van der Waals surface area contributed by atoms with Gasteiger partial charge in [0.05, 0.1) is 5.41 Å². The molecular weight excluding hydrogens is 777 g/mol. The van der Waals surface area contributed by atoms with E-state index in [-0.39, 0.29) is 0 Å². The van der Waals surface area contributed by atoms with Crippen molar-refractivity contribution in [3.05, 3.63) is 252 Å². The number of aryl methyl sites for hydroxylation is 2. The van der Waals surface area contributed by atoms with Gasteiger partial charge in [0, 0.05) is 33.6 Å². The van der Waals surface area contributed by atoms with Gasteiger partial charge in [0.1, 0.15) is 0 Å². The third-order valence-corrected chi connectivity index (χ3v) is 12.4. The van der Waals surface area contributed by atoms with Crippen molar-refractivity contribution >= 4 is 0 Å². The van der Waals surface area contributed by atoms with Gasteiger partial charge in [0.2, 0.25) is 0 Å². The van der Waals surface area contributed by atoms with Crippen LogP contribution in [0.2, 0.25) is 0 Å². The maximum Gasteiger partial charge on any atom is 0.164 e. The van der Waals surface area contributed by atoms with Crippen molar-refractivity contribution in [1.82, 2.24) is 19.9 Å². The van der Waals surface area contributed by atoms with E-state index in [9.17, 15) is 0 Å². The van der Waals surface area contributed by atoms with Crippen molar-refractivity contribution in [2.24, 2.45) is 0 Å². The zero-order chi connectivity index (χ0) is 43.3. The minimum absolute atomic E-state index is 0.473. The fraction of sp³-hybridized carbons (Fsp3) is 0.100. The molecule has 7 aromatic carbocycles. The third-order valence-electron chi connectivity index (χ3n) is 12.4. The first-order valence-corrected chi connectivity index (χ1v) is 22.2. The smallest absolute Gasteiger partial charge is 0.164 e. The van der Waals surface area contributed by atoms with E-state index in [0.29, 0.717) is 17.5 Å². The molecule has 2 aromatic heterocycles. The lowest BCUT2D eigenvalue weighted by Gasteiger charge is -2.37. The first-order valence-electron chi connectivity index (χ1n) is 22.2. The van der Waals surface area contributed by atoms with E-state index in [1.807, 2.05) is 67.6 Å². The Morgan fingerprint density at radius 2 is 0.859 bits per heavy atom. The van der Waals surface area contributed by atoms with E-state index in [4.69, 9.17) is 19.9 Å². The fourth-order valence-corrected chi connectivity index (χ4v) is 9.23. The lowest BCUT2D eigenvalue weighted by Crippen LogP contribution is -2.31. The molecule has 10 rings (SSSR count). The van der Waals surface area contributed by atoms with Crippen molar-refractivity contribution in [2.45, 2.75) is 38.5 Å². The average Bonchev–Trinajstić information content (AvgIpc) is 3.66. The highest BCUT2D eigenvalue weighted by molar-refractivity contribution is 5.83. The second kappa shape index (κ2) is 17.9. The van der Waals surface area contributed by atoms with Gasteiger partial charge in [-0.1, -0.05) is 188 Å². The highest BCUT2D eigenvalue weighted by Gasteiger charge is 2.39. The van der Waals surface area contributed by atoms with Gasteiger partial charge in [-0.15, -0.1) is 0 Å². The number of pyridine rings is 1. The van der Waals surface area contributed by atoms with Crippen LogP contribution in [0.25, 0.3) is 67.5 Å². The van der Waals surface area contributed by atoms with Gasteiger partial charge in [-0.25, -0.2) is 15.0 Å². The largest absolute Gasteiger partial charge is 0.258 e. The second-order valence-corrected chi connectivity index (χ2v) is 16.6. The molecule has 0 radical (unpaired) electrons. The Morgan fingerprint density at radius 3 is 1.45 bits per heavy atom. The molecule has 0 N–H and O–H groups in total. The molecule has 0 fully saturated rings. The van der Waals surface area contributed by atoms with Crippen molar-refractivity contribution in [1.29, 1.82) is 0 Å². The molecule has 64 heavy (non-hydrogen) atoms. The van der Waals surface area contributed by atoms with Gasteiger partial charge in [-0.2, -0.15) is 0 Å². The Kier molecular flexibility index (Phi) is 11.2. The van der Waals surface area contributed by atoms with Crippen LogP contribution in [-0.4, -0.2) is 19.9 Å². The summed E-state index contributed by atoms with van der Waals surface area (Å²) < 4.78 is 0. The number of allylic oxidation sites excluding steroid dienone is 4. The van der Waals surface area contributed by atoms with Gasteiger partial charge in [0.15, 0.2) is 17.5 Å². The predicted molar refractivity (Wildman–Crippen MR) is 264 cm³/mol. The van der Waals surface area contributed by atoms with Crippen molar-refractivity contribution in [3.63, 3.8) is 0 Å². The molecule has 308 valence electrons. The average molecular weight is 825 g/mol. The summed E-state index contributed by atoms with van der Waals surface area (Å²) in [6, 6.07) is 71.3. The molecule has 1 aliphatic rings. The predicted octanol–water partition coefficient (Wildman–Crippen LogP) is 14.9. The fourth-order valence-electron chi connectivity index (χ4n) is 9.23. The summed E-state index contributed by atoms with van der Waals surface area (Å²) in [6.45, 7) is 4.11. The molecule has 0 saturated heterocycles. The van der Waals surface area contributed by atoms with Crippen LogP contribution in [0.15, 0.2) is 224 Å². The summed E-state index contributed by atoms with van der Waals surface area (Å²) in [7, 11) is 0. The van der Waals surface area contributed by atoms with Crippen molar-refractivity contribution in [2.75, 3.05) is 0 Å². The Bertz CT molecular complexity index is 3020. The number of hydrogen-bond donors (Lipinski definition) is 0. The van der Waals surface area contributed by atoms with E-state index in [0.717, 1.165) is 80.7 Å². The van der Waals surface area contributed by atoms with Crippen molar-refractivity contribution < 1.29 is 0 Å². The van der Waals surface area contributed by atoms with Crippen LogP contribution in [0.3, 0.4) is 0 Å². The number of aromatic nitrogens is 4. The highest BCUT2D eigenvalue weighted by atomic mass is 15.0. The molecule has 4 heteroatoms. The molecule has 0 atom stereocenters. The summed E-state index contributed by atoms with van der Waals surface area (Å²) in [5.74, 6) is 1.87. The topological polar surface area (TPSA) is 51.6 Å². The summed E-state index contributed by atoms with van der Waals surface area (Å²) >= 11 is 0. The second-order valence-electron chi connectivity index (χ2n) is 16.6. The summed E-state index contributed by atoms with van der Waals surface area (Å²) in [5, 5.41) is 0. The number of hydrogen-bond acceptors (Lipinski definition) is 4. The monoisotopic (exact) mass is 824 g/mol. The van der Waals surface area contributed by atoms with E-state index >= 15 is 0 Å². The lowest BCUT2D eigenvalue weighted by atomic mass is 9.64. The van der Waals surface area contributed by atoms with Crippen LogP contribution < -0.4 is 0 Å². The SMILES string of the molecule is Cc1ccc(-c2cc(-c3cccc(-c4ccc(C(C5=CCCCC=C5)(c5ccccc5)c5ccccc5)cc4)c3)cc(-c3nc(-c4ccccc4)nc(-c4ccccc4)n3)c2)c(C)n1. The number of rotatable bonds is 10. The molecule has 0 unspecified atom stereocenters. The van der Waals surface area contributed by atoms with Crippen LogP contribution in [-0.2, 0) is 5.41 Å². The molecule has 0 amide bonds. The van der Waals surface area contributed by atoms with Gasteiger partial charge >= 0.3 is 0 Å². The highest BCUT2D eigenvalue weighted by Crippen LogP contribution is 2.47. The lowest BCUT2D eigenvalue weighted by molar-refractivity contribution is 0.738. The first kappa shape index (κ1) is 40.3. The Hall–Kier alpha value is -7.82. The minimum Gasteiger partial charge on any atom is -0.258 e. The van der Waals surface area contributed by atoms with Crippen LogP contribution >= 0.6 is 0 Å². The van der Waals surface area contributed by atoms with Crippen LogP contribution in [0, 0.1) is 13.8 Å². The Morgan fingerprint density at radius 1 is 0.375 bits per heavy atom. The Balaban J connectivity index is 1.10. The Labute approximate surface area is 376 Å². The van der Waals surface area contributed by atoms with E-state index < -0.39 is 5.41 Å². The van der Waals surface area contributed by atoms with Crippen LogP contribution in [0.4, 0.5) is 0 Å². The van der Waals surface area contributed by atoms with E-state index in [1.54, 1.807) is 0 Å². The standard InChI is InChI=1S/C60H48N4/c1-42-32-37-56(43(2)61-42)50-39-49(40-51(41-50)59-63-57(45-20-9-5-10-21-45)62-58(64-59)46-22-11-6-12-23-46)48-25-19-24-47(38-48)44-33-35-55(36-34-44)60(53-28-15-7-16-29-53,54-30-17-8-18-31-54)52-26-13-3-4-14-27-52/h5-13,15-41H,3-4,14H2,1-2H3. The van der Waals surface area contributed by atoms with Crippen LogP contribution in [0.1, 0.15) is 47.3 Å². The molecule has 9 aromatic rings. The maximum atomic E-state index is 5.14. The molecule has 0 aliphatic heterocycles. The third kappa shape index (κ3) is 8.03. The first-order chi connectivity index (χ1) is 31.5.